The van der Waals surface area contributed by atoms with E-state index in [0.717, 1.165) is 30.3 Å². The van der Waals surface area contributed by atoms with Gasteiger partial charge in [0.25, 0.3) is 0 Å². The smallest absolute Gasteiger partial charge is 0.387 e. The molecule has 0 aliphatic rings. The molecule has 5 nitrogen and oxygen atoms in total. The molecular weight excluding hydrogens is 450 g/mol. The summed E-state index contributed by atoms with van der Waals surface area (Å²) >= 11 is 0. The monoisotopic (exact) mass is 467 g/mol. The summed E-state index contributed by atoms with van der Waals surface area (Å²) in [7, 11) is 0. The highest BCUT2D eigenvalue weighted by atomic mass is 19.4. The third-order valence-electron chi connectivity index (χ3n) is 4.62. The number of halogens is 4. The summed E-state index contributed by atoms with van der Waals surface area (Å²) in [6.07, 6.45) is -4.04. The Morgan fingerprint density at radius 3 is 2.35 bits per heavy atom. The molecule has 0 aliphatic carbocycles. The Morgan fingerprint density at radius 1 is 0.971 bits per heavy atom. The molecule has 0 fully saturated rings. The number of aromatic nitrogens is 1. The lowest BCUT2D eigenvalue weighted by atomic mass is 9.97. The number of ketones is 2. The van der Waals surface area contributed by atoms with E-state index in [0.29, 0.717) is 5.69 Å². The van der Waals surface area contributed by atoms with Crippen LogP contribution in [0.4, 0.5) is 17.6 Å². The van der Waals surface area contributed by atoms with Crippen LogP contribution >= 0.6 is 0 Å². The molecule has 3 rings (SSSR count). The van der Waals surface area contributed by atoms with Gasteiger partial charge in [-0.25, -0.2) is 4.39 Å². The molecule has 0 aliphatic heterocycles. The molecule has 1 aromatic heterocycles. The van der Waals surface area contributed by atoms with Crippen molar-refractivity contribution in [2.45, 2.75) is 19.0 Å². The second-order valence-corrected chi connectivity index (χ2v) is 7.28. The van der Waals surface area contributed by atoms with Gasteiger partial charge in [-0.15, -0.1) is 0 Å². The van der Waals surface area contributed by atoms with Crippen LogP contribution in [0.5, 0.6) is 0 Å². The highest BCUT2D eigenvalue weighted by Crippen LogP contribution is 2.33. The number of nitrogens with one attached hydrogen (secondary N) is 1. The largest absolute Gasteiger partial charge is 0.417 e. The lowest BCUT2D eigenvalue weighted by molar-refractivity contribution is -0.137. The van der Waals surface area contributed by atoms with Gasteiger partial charge in [-0.3, -0.25) is 20.0 Å². The first-order valence-electron chi connectivity index (χ1n) is 9.86. The van der Waals surface area contributed by atoms with Crippen molar-refractivity contribution in [3.05, 3.63) is 100 Å². The number of amidine groups is 1. The molecule has 0 spiro atoms. The van der Waals surface area contributed by atoms with E-state index in [9.17, 15) is 27.2 Å². The van der Waals surface area contributed by atoms with Crippen molar-refractivity contribution in [2.75, 3.05) is 0 Å². The first-order valence-corrected chi connectivity index (χ1v) is 9.86. The number of alkyl halides is 3. The minimum absolute atomic E-state index is 0.0434. The molecule has 0 amide bonds. The van der Waals surface area contributed by atoms with E-state index in [-0.39, 0.29) is 28.9 Å². The number of carbonyl (C=O) groups excluding carboxylic acids is 2. The molecule has 172 valence electrons. The van der Waals surface area contributed by atoms with Crippen molar-refractivity contribution in [3.8, 4) is 11.8 Å². The Bertz CT molecular complexity index is 1320. The summed E-state index contributed by atoms with van der Waals surface area (Å²) in [4.78, 5) is 28.7. The fraction of sp³-hybridized carbons (Fsp3) is 0.120. The van der Waals surface area contributed by atoms with E-state index in [2.05, 4.69) is 16.8 Å². The van der Waals surface area contributed by atoms with Gasteiger partial charge in [0.15, 0.2) is 11.6 Å². The van der Waals surface area contributed by atoms with E-state index >= 15 is 0 Å². The van der Waals surface area contributed by atoms with Gasteiger partial charge in [0.1, 0.15) is 5.82 Å². The molecule has 3 N–H and O–H groups in total. The highest BCUT2D eigenvalue weighted by Gasteiger charge is 2.35. The van der Waals surface area contributed by atoms with Crippen molar-refractivity contribution in [1.82, 2.24) is 4.98 Å². The van der Waals surface area contributed by atoms with E-state index in [4.69, 9.17) is 11.1 Å². The molecule has 0 bridgehead atoms. The average molecular weight is 467 g/mol. The van der Waals surface area contributed by atoms with Crippen molar-refractivity contribution < 1.29 is 27.2 Å². The first-order chi connectivity index (χ1) is 16.0. The van der Waals surface area contributed by atoms with Gasteiger partial charge in [0.2, 0.25) is 0 Å². The number of pyridine rings is 1. The van der Waals surface area contributed by atoms with Gasteiger partial charge in [-0.2, -0.15) is 13.2 Å². The van der Waals surface area contributed by atoms with Crippen LogP contribution in [0.2, 0.25) is 0 Å². The zero-order chi connectivity index (χ0) is 24.9. The van der Waals surface area contributed by atoms with Crippen LogP contribution in [0.1, 0.15) is 49.5 Å². The van der Waals surface area contributed by atoms with Gasteiger partial charge in [0, 0.05) is 34.1 Å². The number of nitrogens with zero attached hydrogens (tertiary/aromatic N) is 1. The number of nitrogens with two attached hydrogens (primary N) is 1. The average Bonchev–Trinajstić information content (AvgIpc) is 2.76. The molecule has 34 heavy (non-hydrogen) atoms. The highest BCUT2D eigenvalue weighted by molar-refractivity contribution is 6.07. The predicted octanol–water partition coefficient (Wildman–Crippen LogP) is 4.57. The van der Waals surface area contributed by atoms with Gasteiger partial charge in [-0.1, -0.05) is 17.9 Å². The molecule has 1 heterocycles. The van der Waals surface area contributed by atoms with Crippen molar-refractivity contribution in [3.63, 3.8) is 0 Å². The first kappa shape index (κ1) is 24.3. The van der Waals surface area contributed by atoms with Crippen LogP contribution in [-0.4, -0.2) is 22.4 Å². The van der Waals surface area contributed by atoms with Crippen molar-refractivity contribution >= 4 is 17.4 Å². The lowest BCUT2D eigenvalue weighted by Gasteiger charge is -2.12. The SMILES string of the molecule is N=C(N)CC(=O)c1cc(F)cc(C#Cc2ccc(C(F)(F)F)c(C(=O)Cc3ccccn3)c2)c1. The summed E-state index contributed by atoms with van der Waals surface area (Å²) in [5.74, 6) is 2.71. The molecule has 0 saturated carbocycles. The Hall–Kier alpha value is -4.32. The van der Waals surface area contributed by atoms with E-state index in [1.807, 2.05) is 0 Å². The van der Waals surface area contributed by atoms with Gasteiger partial charge >= 0.3 is 6.18 Å². The number of carbonyl (C=O) groups is 2. The number of Topliss-reactive ketones (excluding diaryl/α,β-unsaturated/α-hetero) is 2. The van der Waals surface area contributed by atoms with Crippen LogP contribution < -0.4 is 5.73 Å². The fourth-order valence-electron chi connectivity index (χ4n) is 3.10. The summed E-state index contributed by atoms with van der Waals surface area (Å²) in [5, 5.41) is 7.19. The number of benzene rings is 2. The quantitative estimate of drug-likeness (QED) is 0.182. The zero-order valence-electron chi connectivity index (χ0n) is 17.5. The van der Waals surface area contributed by atoms with Gasteiger partial charge < -0.3 is 5.73 Å². The van der Waals surface area contributed by atoms with Crippen LogP contribution in [0.25, 0.3) is 0 Å². The molecule has 3 aromatic rings. The fourth-order valence-corrected chi connectivity index (χ4v) is 3.10. The normalized spacial score (nSPS) is 10.8. The third-order valence-corrected chi connectivity index (χ3v) is 4.62. The second-order valence-electron chi connectivity index (χ2n) is 7.28. The summed E-state index contributed by atoms with van der Waals surface area (Å²) in [6.45, 7) is 0. The minimum atomic E-state index is -4.75. The molecule has 0 unspecified atom stereocenters. The maximum absolute atomic E-state index is 13.9. The Kier molecular flexibility index (Phi) is 7.21. The number of hydrogen-bond donors (Lipinski definition) is 2. The zero-order valence-corrected chi connectivity index (χ0v) is 17.5. The van der Waals surface area contributed by atoms with E-state index in [1.165, 1.54) is 18.3 Å². The standard InChI is InChI=1S/C25H17F4N3O2/c26-18-10-16(9-17(12-18)22(33)14-24(30)31)5-4-15-6-7-21(25(27,28)29)20(11-15)23(34)13-19-3-1-2-8-32-19/h1-3,6-12H,13-14H2,(H3,30,31). The van der Waals surface area contributed by atoms with Crippen molar-refractivity contribution in [1.29, 1.82) is 5.41 Å². The topological polar surface area (TPSA) is 96.9 Å². The predicted molar refractivity (Wildman–Crippen MR) is 117 cm³/mol. The van der Waals surface area contributed by atoms with Crippen molar-refractivity contribution in [2.24, 2.45) is 5.73 Å². The maximum Gasteiger partial charge on any atom is 0.417 e. The van der Waals surface area contributed by atoms with E-state index < -0.39 is 41.1 Å². The minimum Gasteiger partial charge on any atom is -0.387 e. The van der Waals surface area contributed by atoms with Crippen LogP contribution in [-0.2, 0) is 12.6 Å². The lowest BCUT2D eigenvalue weighted by Crippen LogP contribution is -2.15. The summed E-state index contributed by atoms with van der Waals surface area (Å²) in [5.41, 5.74) is 4.01. The van der Waals surface area contributed by atoms with Gasteiger partial charge in [0.05, 0.1) is 24.2 Å². The number of hydrogen-bond acceptors (Lipinski definition) is 4. The maximum atomic E-state index is 13.9. The van der Waals surface area contributed by atoms with Crippen LogP contribution in [0.3, 0.4) is 0 Å². The Morgan fingerprint density at radius 2 is 1.71 bits per heavy atom. The Labute approximate surface area is 192 Å². The molecule has 2 aromatic carbocycles. The molecule has 0 atom stereocenters. The molecule has 0 radical (unpaired) electrons. The molecule has 0 saturated heterocycles. The molecular formula is C25H17F4N3O2. The molecule has 9 heteroatoms. The number of rotatable bonds is 6. The Balaban J connectivity index is 1.96. The third kappa shape index (κ3) is 6.36. The summed E-state index contributed by atoms with van der Waals surface area (Å²) in [6, 6.07) is 11.0. The van der Waals surface area contributed by atoms with Gasteiger partial charge in [-0.05, 0) is 48.5 Å². The van der Waals surface area contributed by atoms with Crippen LogP contribution in [0.15, 0.2) is 60.8 Å². The second kappa shape index (κ2) is 10.1. The van der Waals surface area contributed by atoms with Crippen LogP contribution in [0, 0.1) is 23.1 Å². The summed E-state index contributed by atoms with van der Waals surface area (Å²) < 4.78 is 54.4. The van der Waals surface area contributed by atoms with E-state index in [1.54, 1.807) is 12.1 Å².